The molecule has 21 heavy (non-hydrogen) atoms. The molecule has 0 saturated carbocycles. The summed E-state index contributed by atoms with van der Waals surface area (Å²) < 4.78 is 0. The number of likely N-dealkylation sites (N-methyl/N-ethyl adjacent to an activating group) is 2. The number of halogens is 1. The van der Waals surface area contributed by atoms with E-state index < -0.39 is 0 Å². The van der Waals surface area contributed by atoms with Crippen molar-refractivity contribution in [3.05, 3.63) is 28.8 Å². The molecule has 118 valence electrons. The van der Waals surface area contributed by atoms with Gasteiger partial charge in [-0.3, -0.25) is 4.90 Å². The highest BCUT2D eigenvalue weighted by atomic mass is 35.5. The van der Waals surface area contributed by atoms with E-state index in [9.17, 15) is 0 Å². The standard InChI is InChI=1S/C17H28ClN3/c1-5-21-10-6-7-15(21)12-20(4)14-8-9-16(13(2)19-3)17(18)11-14/h8-9,11,13,15,19H,5-7,10,12H2,1-4H3. The topological polar surface area (TPSA) is 18.5 Å². The van der Waals surface area contributed by atoms with Crippen molar-refractivity contribution in [2.75, 3.05) is 38.6 Å². The van der Waals surface area contributed by atoms with Gasteiger partial charge in [-0.15, -0.1) is 0 Å². The van der Waals surface area contributed by atoms with Gasteiger partial charge < -0.3 is 10.2 Å². The first-order valence-corrected chi connectivity index (χ1v) is 8.36. The lowest BCUT2D eigenvalue weighted by Gasteiger charge is -2.29. The van der Waals surface area contributed by atoms with Crippen LogP contribution in [0.5, 0.6) is 0 Å². The maximum Gasteiger partial charge on any atom is 0.0474 e. The minimum absolute atomic E-state index is 0.280. The number of likely N-dealkylation sites (tertiary alicyclic amines) is 1. The van der Waals surface area contributed by atoms with Gasteiger partial charge in [-0.05, 0) is 57.6 Å². The van der Waals surface area contributed by atoms with Crippen molar-refractivity contribution in [3.8, 4) is 0 Å². The van der Waals surface area contributed by atoms with E-state index in [1.54, 1.807) is 0 Å². The Kier molecular flexibility index (Phi) is 5.91. The first-order chi connectivity index (χ1) is 10.1. The van der Waals surface area contributed by atoms with Crippen LogP contribution in [0.25, 0.3) is 0 Å². The molecule has 2 unspecified atom stereocenters. The quantitative estimate of drug-likeness (QED) is 0.867. The van der Waals surface area contributed by atoms with Crippen LogP contribution in [0.1, 0.15) is 38.3 Å². The zero-order valence-corrected chi connectivity index (χ0v) is 14.5. The zero-order chi connectivity index (χ0) is 15.4. The number of hydrogen-bond acceptors (Lipinski definition) is 3. The van der Waals surface area contributed by atoms with E-state index in [1.165, 1.54) is 25.1 Å². The summed E-state index contributed by atoms with van der Waals surface area (Å²) in [6.07, 6.45) is 2.63. The number of rotatable bonds is 6. The minimum atomic E-state index is 0.280. The maximum absolute atomic E-state index is 6.44. The highest BCUT2D eigenvalue weighted by Crippen LogP contribution is 2.28. The van der Waals surface area contributed by atoms with E-state index in [4.69, 9.17) is 11.6 Å². The molecule has 2 rings (SSSR count). The Bertz CT molecular complexity index is 463. The molecule has 0 radical (unpaired) electrons. The molecule has 0 spiro atoms. The molecule has 1 fully saturated rings. The summed E-state index contributed by atoms with van der Waals surface area (Å²) in [4.78, 5) is 4.91. The van der Waals surface area contributed by atoms with E-state index >= 15 is 0 Å². The van der Waals surface area contributed by atoms with E-state index in [0.29, 0.717) is 6.04 Å². The Morgan fingerprint density at radius 2 is 2.24 bits per heavy atom. The van der Waals surface area contributed by atoms with Crippen LogP contribution in [-0.4, -0.2) is 44.7 Å². The van der Waals surface area contributed by atoms with Crippen molar-refractivity contribution < 1.29 is 0 Å². The first kappa shape index (κ1) is 16.6. The van der Waals surface area contributed by atoms with Gasteiger partial charge in [0.25, 0.3) is 0 Å². The molecule has 0 aliphatic carbocycles. The first-order valence-electron chi connectivity index (χ1n) is 7.98. The summed E-state index contributed by atoms with van der Waals surface area (Å²) in [6, 6.07) is 7.37. The van der Waals surface area contributed by atoms with Crippen LogP contribution in [0.15, 0.2) is 18.2 Å². The monoisotopic (exact) mass is 309 g/mol. The minimum Gasteiger partial charge on any atom is -0.373 e. The second-order valence-electron chi connectivity index (χ2n) is 6.02. The molecule has 1 heterocycles. The summed E-state index contributed by atoms with van der Waals surface area (Å²) >= 11 is 6.44. The van der Waals surface area contributed by atoms with Gasteiger partial charge in [0.1, 0.15) is 0 Å². The molecule has 0 amide bonds. The summed E-state index contributed by atoms with van der Waals surface area (Å²) in [5, 5.41) is 4.09. The molecule has 0 bridgehead atoms. The Morgan fingerprint density at radius 3 is 2.86 bits per heavy atom. The highest BCUT2D eigenvalue weighted by Gasteiger charge is 2.24. The van der Waals surface area contributed by atoms with Gasteiger partial charge in [0, 0.05) is 36.4 Å². The number of nitrogens with one attached hydrogen (secondary N) is 1. The van der Waals surface area contributed by atoms with Gasteiger partial charge in [0.15, 0.2) is 0 Å². The molecule has 3 nitrogen and oxygen atoms in total. The number of anilines is 1. The average molecular weight is 310 g/mol. The fraction of sp³-hybridized carbons (Fsp3) is 0.647. The molecule has 2 atom stereocenters. The van der Waals surface area contributed by atoms with Gasteiger partial charge in [-0.1, -0.05) is 24.6 Å². The smallest absolute Gasteiger partial charge is 0.0474 e. The van der Waals surface area contributed by atoms with Crippen LogP contribution in [0.2, 0.25) is 5.02 Å². The van der Waals surface area contributed by atoms with Crippen LogP contribution >= 0.6 is 11.6 Å². The Morgan fingerprint density at radius 1 is 1.48 bits per heavy atom. The molecule has 0 aromatic heterocycles. The SMILES string of the molecule is CCN1CCCC1CN(C)c1ccc(C(C)NC)c(Cl)c1. The lowest BCUT2D eigenvalue weighted by Crippen LogP contribution is -2.38. The van der Waals surface area contributed by atoms with Crippen LogP contribution in [0.4, 0.5) is 5.69 Å². The Labute approximate surface area is 134 Å². The van der Waals surface area contributed by atoms with Gasteiger partial charge in [0.2, 0.25) is 0 Å². The van der Waals surface area contributed by atoms with Crippen molar-refractivity contribution in [3.63, 3.8) is 0 Å². The maximum atomic E-state index is 6.44. The molecule has 1 aliphatic heterocycles. The predicted molar refractivity (Wildman–Crippen MR) is 92.5 cm³/mol. The molecule has 1 aromatic carbocycles. The lowest BCUT2D eigenvalue weighted by molar-refractivity contribution is 0.270. The van der Waals surface area contributed by atoms with E-state index in [1.807, 2.05) is 7.05 Å². The van der Waals surface area contributed by atoms with E-state index in [2.05, 4.69) is 54.2 Å². The second kappa shape index (κ2) is 7.48. The lowest BCUT2D eigenvalue weighted by atomic mass is 10.1. The molecular formula is C17H28ClN3. The number of hydrogen-bond donors (Lipinski definition) is 1. The fourth-order valence-electron chi connectivity index (χ4n) is 3.20. The normalized spacial score (nSPS) is 20.7. The third-order valence-electron chi connectivity index (χ3n) is 4.71. The van der Waals surface area contributed by atoms with Crippen LogP contribution < -0.4 is 10.2 Å². The van der Waals surface area contributed by atoms with Crippen LogP contribution in [-0.2, 0) is 0 Å². The van der Waals surface area contributed by atoms with Crippen molar-refractivity contribution in [1.29, 1.82) is 0 Å². The van der Waals surface area contributed by atoms with E-state index in [0.717, 1.165) is 23.7 Å². The molecular weight excluding hydrogens is 282 g/mol. The third-order valence-corrected chi connectivity index (χ3v) is 5.04. The zero-order valence-electron chi connectivity index (χ0n) is 13.7. The van der Waals surface area contributed by atoms with Gasteiger partial charge in [-0.25, -0.2) is 0 Å². The average Bonchev–Trinajstić information content (AvgIpc) is 2.93. The van der Waals surface area contributed by atoms with Gasteiger partial charge >= 0.3 is 0 Å². The molecule has 1 N–H and O–H groups in total. The molecule has 1 saturated heterocycles. The van der Waals surface area contributed by atoms with Crippen molar-refractivity contribution >= 4 is 17.3 Å². The van der Waals surface area contributed by atoms with Gasteiger partial charge in [0.05, 0.1) is 0 Å². The highest BCUT2D eigenvalue weighted by molar-refractivity contribution is 6.31. The summed E-state index contributed by atoms with van der Waals surface area (Å²) in [6.45, 7) is 7.85. The van der Waals surface area contributed by atoms with Crippen molar-refractivity contribution in [1.82, 2.24) is 10.2 Å². The Balaban J connectivity index is 2.05. The second-order valence-corrected chi connectivity index (χ2v) is 6.43. The predicted octanol–water partition coefficient (Wildman–Crippen LogP) is 3.54. The summed E-state index contributed by atoms with van der Waals surface area (Å²) in [5.74, 6) is 0. The van der Waals surface area contributed by atoms with Crippen molar-refractivity contribution in [2.45, 2.75) is 38.8 Å². The van der Waals surface area contributed by atoms with Crippen molar-refractivity contribution in [2.24, 2.45) is 0 Å². The van der Waals surface area contributed by atoms with Gasteiger partial charge in [-0.2, -0.15) is 0 Å². The third kappa shape index (κ3) is 3.91. The van der Waals surface area contributed by atoms with Crippen LogP contribution in [0.3, 0.4) is 0 Å². The molecule has 4 heteroatoms. The molecule has 1 aliphatic rings. The van der Waals surface area contributed by atoms with Crippen LogP contribution in [0, 0.1) is 0 Å². The fourth-order valence-corrected chi connectivity index (χ4v) is 3.54. The summed E-state index contributed by atoms with van der Waals surface area (Å²) in [7, 11) is 4.12. The Hall–Kier alpha value is -0.770. The number of nitrogens with zero attached hydrogens (tertiary/aromatic N) is 2. The van der Waals surface area contributed by atoms with E-state index in [-0.39, 0.29) is 6.04 Å². The summed E-state index contributed by atoms with van der Waals surface area (Å²) in [5.41, 5.74) is 2.36. The largest absolute Gasteiger partial charge is 0.373 e. The molecule has 1 aromatic rings. The number of benzene rings is 1.